The minimum atomic E-state index is -0.425. The molecule has 1 fully saturated rings. The minimum absolute atomic E-state index is 0.0210. The first kappa shape index (κ1) is 14.2. The van der Waals surface area contributed by atoms with Gasteiger partial charge in [-0.1, -0.05) is 15.9 Å². The third kappa shape index (κ3) is 3.68. The molecule has 0 aliphatic heterocycles. The molecule has 0 bridgehead atoms. The van der Waals surface area contributed by atoms with E-state index in [1.165, 1.54) is 25.0 Å². The lowest BCUT2D eigenvalue weighted by molar-refractivity contribution is -0.384. The van der Waals surface area contributed by atoms with Crippen LogP contribution in [0, 0.1) is 10.1 Å². The van der Waals surface area contributed by atoms with Crippen LogP contribution < -0.4 is 5.32 Å². The van der Waals surface area contributed by atoms with Gasteiger partial charge in [0, 0.05) is 41.2 Å². The second-order valence-corrected chi connectivity index (χ2v) is 5.97. The van der Waals surface area contributed by atoms with Crippen LogP contribution in [0.3, 0.4) is 0 Å². The summed E-state index contributed by atoms with van der Waals surface area (Å²) >= 11 is 3.27. The predicted molar refractivity (Wildman–Crippen MR) is 81.0 cm³/mol. The van der Waals surface area contributed by atoms with E-state index in [4.69, 9.17) is 4.42 Å². The van der Waals surface area contributed by atoms with Gasteiger partial charge in [0.2, 0.25) is 0 Å². The highest BCUT2D eigenvalue weighted by molar-refractivity contribution is 9.10. The summed E-state index contributed by atoms with van der Waals surface area (Å²) in [4.78, 5) is 14.7. The number of non-ortho nitro benzene ring substituents is 1. The van der Waals surface area contributed by atoms with Gasteiger partial charge in [-0.3, -0.25) is 10.1 Å². The Morgan fingerprint density at radius 3 is 2.95 bits per heavy atom. The lowest BCUT2D eigenvalue weighted by Crippen LogP contribution is -2.19. The predicted octanol–water partition coefficient (Wildman–Crippen LogP) is 3.31. The Labute approximate surface area is 129 Å². The lowest BCUT2D eigenvalue weighted by Gasteiger charge is -2.00. The number of aromatic nitrogens is 1. The van der Waals surface area contributed by atoms with Crippen molar-refractivity contribution in [2.45, 2.75) is 25.3 Å². The summed E-state index contributed by atoms with van der Waals surface area (Å²) in [6, 6.07) is 5.38. The maximum Gasteiger partial charge on any atom is 0.271 e. The van der Waals surface area contributed by atoms with Gasteiger partial charge >= 0.3 is 0 Å². The molecule has 6 nitrogen and oxygen atoms in total. The van der Waals surface area contributed by atoms with Gasteiger partial charge in [-0.05, 0) is 18.9 Å². The van der Waals surface area contributed by atoms with Crippen molar-refractivity contribution in [3.05, 3.63) is 44.9 Å². The largest absolute Gasteiger partial charge is 0.441 e. The topological polar surface area (TPSA) is 81.2 Å². The van der Waals surface area contributed by atoms with E-state index in [1.54, 1.807) is 12.3 Å². The molecule has 1 aromatic heterocycles. The van der Waals surface area contributed by atoms with E-state index in [-0.39, 0.29) is 5.69 Å². The number of nitrogens with zero attached hydrogens (tertiary/aromatic N) is 2. The summed E-state index contributed by atoms with van der Waals surface area (Å²) in [5.41, 5.74) is 0.665. The molecule has 0 amide bonds. The maximum atomic E-state index is 10.9. The van der Waals surface area contributed by atoms with Gasteiger partial charge in [-0.15, -0.1) is 0 Å². The molecule has 7 heteroatoms. The van der Waals surface area contributed by atoms with Crippen LogP contribution in [-0.4, -0.2) is 22.5 Å². The van der Waals surface area contributed by atoms with Gasteiger partial charge < -0.3 is 9.73 Å². The monoisotopic (exact) mass is 351 g/mol. The number of nitro benzene ring substituents is 1. The highest BCUT2D eigenvalue weighted by Gasteiger charge is 2.20. The van der Waals surface area contributed by atoms with Crippen molar-refractivity contribution in [1.29, 1.82) is 0 Å². The van der Waals surface area contributed by atoms with Gasteiger partial charge in [0.15, 0.2) is 11.7 Å². The fourth-order valence-electron chi connectivity index (χ4n) is 2.05. The smallest absolute Gasteiger partial charge is 0.271 e. The van der Waals surface area contributed by atoms with Crippen LogP contribution in [-0.2, 0) is 6.42 Å². The Morgan fingerprint density at radius 2 is 2.24 bits per heavy atom. The van der Waals surface area contributed by atoms with Crippen LogP contribution in [0.1, 0.15) is 18.7 Å². The SMILES string of the molecule is O=[N+]([O-])c1cc(Br)cc(-c2cnc(CCNC3CC3)o2)c1. The molecular weight excluding hydrogens is 338 g/mol. The molecule has 3 rings (SSSR count). The molecule has 1 heterocycles. The Hall–Kier alpha value is -1.73. The van der Waals surface area contributed by atoms with Crippen molar-refractivity contribution in [3.8, 4) is 11.3 Å². The average molecular weight is 352 g/mol. The molecule has 21 heavy (non-hydrogen) atoms. The third-order valence-corrected chi connectivity index (χ3v) is 3.74. The molecule has 0 saturated heterocycles. The zero-order chi connectivity index (χ0) is 14.8. The normalized spacial score (nSPS) is 14.3. The van der Waals surface area contributed by atoms with E-state index in [0.29, 0.717) is 34.1 Å². The van der Waals surface area contributed by atoms with E-state index in [1.807, 2.05) is 0 Å². The maximum absolute atomic E-state index is 10.9. The van der Waals surface area contributed by atoms with Crippen molar-refractivity contribution < 1.29 is 9.34 Å². The Bertz CT molecular complexity index is 667. The third-order valence-electron chi connectivity index (χ3n) is 3.28. The molecule has 1 N–H and O–H groups in total. The molecule has 1 saturated carbocycles. The number of hydrogen-bond donors (Lipinski definition) is 1. The number of nitrogens with one attached hydrogen (secondary N) is 1. The molecule has 1 aliphatic rings. The molecule has 0 spiro atoms. The van der Waals surface area contributed by atoms with Crippen molar-refractivity contribution in [3.63, 3.8) is 0 Å². The summed E-state index contributed by atoms with van der Waals surface area (Å²) in [6.45, 7) is 0.837. The first-order valence-electron chi connectivity index (χ1n) is 6.75. The summed E-state index contributed by atoms with van der Waals surface area (Å²) < 4.78 is 6.31. The van der Waals surface area contributed by atoms with Crippen LogP contribution in [0.5, 0.6) is 0 Å². The van der Waals surface area contributed by atoms with Gasteiger partial charge in [0.05, 0.1) is 11.1 Å². The first-order chi connectivity index (χ1) is 10.1. The summed E-state index contributed by atoms with van der Waals surface area (Å²) in [5, 5.41) is 14.3. The number of hydrogen-bond acceptors (Lipinski definition) is 5. The van der Waals surface area contributed by atoms with Gasteiger partial charge in [0.25, 0.3) is 5.69 Å². The Kier molecular flexibility index (Phi) is 4.03. The van der Waals surface area contributed by atoms with Gasteiger partial charge in [-0.25, -0.2) is 4.98 Å². The molecule has 2 aromatic rings. The van der Waals surface area contributed by atoms with Crippen molar-refractivity contribution >= 4 is 21.6 Å². The molecule has 0 atom stereocenters. The highest BCUT2D eigenvalue weighted by atomic mass is 79.9. The molecular formula is C14H14BrN3O3. The Morgan fingerprint density at radius 1 is 1.43 bits per heavy atom. The van der Waals surface area contributed by atoms with Crippen molar-refractivity contribution in [2.24, 2.45) is 0 Å². The molecule has 1 aliphatic carbocycles. The van der Waals surface area contributed by atoms with E-state index in [9.17, 15) is 10.1 Å². The van der Waals surface area contributed by atoms with Gasteiger partial charge in [0.1, 0.15) is 0 Å². The molecule has 110 valence electrons. The quantitative estimate of drug-likeness (QED) is 0.637. The summed E-state index contributed by atoms with van der Waals surface area (Å²) in [5.74, 6) is 1.18. The zero-order valence-corrected chi connectivity index (χ0v) is 12.8. The second-order valence-electron chi connectivity index (χ2n) is 5.05. The average Bonchev–Trinajstić information content (AvgIpc) is 3.14. The van der Waals surface area contributed by atoms with Crippen molar-refractivity contribution in [2.75, 3.05) is 6.54 Å². The van der Waals surface area contributed by atoms with E-state index in [2.05, 4.69) is 26.2 Å². The van der Waals surface area contributed by atoms with E-state index >= 15 is 0 Å². The minimum Gasteiger partial charge on any atom is -0.441 e. The number of rotatable bonds is 6. The Balaban J connectivity index is 1.73. The highest BCUT2D eigenvalue weighted by Crippen LogP contribution is 2.29. The number of halogens is 1. The first-order valence-corrected chi connectivity index (χ1v) is 7.54. The van der Waals surface area contributed by atoms with Crippen LogP contribution in [0.4, 0.5) is 5.69 Å². The molecule has 1 aromatic carbocycles. The van der Waals surface area contributed by atoms with Crippen LogP contribution in [0.25, 0.3) is 11.3 Å². The van der Waals surface area contributed by atoms with Crippen LogP contribution in [0.2, 0.25) is 0 Å². The molecule has 0 radical (unpaired) electrons. The van der Waals surface area contributed by atoms with Crippen molar-refractivity contribution in [1.82, 2.24) is 10.3 Å². The lowest BCUT2D eigenvalue weighted by atomic mass is 10.1. The van der Waals surface area contributed by atoms with E-state index in [0.717, 1.165) is 6.54 Å². The fourth-order valence-corrected chi connectivity index (χ4v) is 2.53. The fraction of sp³-hybridized carbons (Fsp3) is 0.357. The zero-order valence-electron chi connectivity index (χ0n) is 11.2. The number of nitro groups is 1. The molecule has 0 unspecified atom stereocenters. The second kappa shape index (κ2) is 5.95. The van der Waals surface area contributed by atoms with Crippen LogP contribution >= 0.6 is 15.9 Å². The summed E-state index contributed by atoms with van der Waals surface area (Å²) in [6.07, 6.45) is 4.82. The van der Waals surface area contributed by atoms with E-state index < -0.39 is 4.92 Å². The van der Waals surface area contributed by atoms with Gasteiger partial charge in [-0.2, -0.15) is 0 Å². The standard InChI is InChI=1S/C14H14BrN3O3/c15-10-5-9(6-12(7-10)18(19)20)13-8-17-14(21-13)3-4-16-11-1-2-11/h5-8,11,16H,1-4H2. The summed E-state index contributed by atoms with van der Waals surface area (Å²) in [7, 11) is 0. The number of benzene rings is 1. The number of oxazole rings is 1. The van der Waals surface area contributed by atoms with Crippen LogP contribution in [0.15, 0.2) is 33.3 Å².